The van der Waals surface area contributed by atoms with Crippen LogP contribution < -0.4 is 5.32 Å². The van der Waals surface area contributed by atoms with E-state index in [0.29, 0.717) is 0 Å². The molecule has 2 saturated carbocycles. The summed E-state index contributed by atoms with van der Waals surface area (Å²) in [7, 11) is 0. The molecule has 0 radical (unpaired) electrons. The third-order valence-corrected chi connectivity index (χ3v) is 4.92. The second-order valence-electron chi connectivity index (χ2n) is 6.44. The summed E-state index contributed by atoms with van der Waals surface area (Å²) < 4.78 is 0. The van der Waals surface area contributed by atoms with Crippen molar-refractivity contribution < 1.29 is 0 Å². The Bertz CT molecular complexity index is 402. The Morgan fingerprint density at radius 1 is 1.22 bits per heavy atom. The Labute approximate surface area is 111 Å². The first-order valence-electron chi connectivity index (χ1n) is 7.53. The Balaban J connectivity index is 1.44. The molecule has 0 saturated heterocycles. The molecule has 1 unspecified atom stereocenters. The molecule has 18 heavy (non-hydrogen) atoms. The minimum atomic E-state index is 0.774. The molecule has 2 aliphatic rings. The molecule has 0 aliphatic heterocycles. The van der Waals surface area contributed by atoms with Crippen LogP contribution in [0.4, 0.5) is 0 Å². The minimum absolute atomic E-state index is 0.774. The van der Waals surface area contributed by atoms with E-state index in [9.17, 15) is 0 Å². The van der Waals surface area contributed by atoms with E-state index < -0.39 is 0 Å². The molecule has 3 rings (SSSR count). The first-order chi connectivity index (χ1) is 8.74. The average molecular weight is 243 g/mol. The highest BCUT2D eigenvalue weighted by molar-refractivity contribution is 5.31. The lowest BCUT2D eigenvalue weighted by Gasteiger charge is -2.37. The third-order valence-electron chi connectivity index (χ3n) is 4.92. The summed E-state index contributed by atoms with van der Waals surface area (Å²) in [4.78, 5) is 0. The summed E-state index contributed by atoms with van der Waals surface area (Å²) in [6.45, 7) is 5.88. The van der Waals surface area contributed by atoms with Crippen molar-refractivity contribution in [2.75, 3.05) is 6.54 Å². The Morgan fingerprint density at radius 2 is 1.94 bits per heavy atom. The summed E-state index contributed by atoms with van der Waals surface area (Å²) in [6, 6.07) is 9.65. The van der Waals surface area contributed by atoms with Gasteiger partial charge in [-0.05, 0) is 68.0 Å². The van der Waals surface area contributed by atoms with Gasteiger partial charge in [-0.25, -0.2) is 0 Å². The topological polar surface area (TPSA) is 12.0 Å². The van der Waals surface area contributed by atoms with Crippen LogP contribution in [-0.2, 0) is 0 Å². The van der Waals surface area contributed by atoms with Crippen LogP contribution in [0, 0.1) is 18.8 Å². The summed E-state index contributed by atoms with van der Waals surface area (Å²) in [6.07, 6.45) is 5.61. The fraction of sp³-hybridized carbons (Fsp3) is 0.647. The molecule has 1 nitrogen and oxygen atoms in total. The van der Waals surface area contributed by atoms with Gasteiger partial charge in [0.15, 0.2) is 0 Å². The van der Waals surface area contributed by atoms with Crippen molar-refractivity contribution in [3.8, 4) is 0 Å². The van der Waals surface area contributed by atoms with Crippen molar-refractivity contribution in [1.82, 2.24) is 5.32 Å². The fourth-order valence-corrected chi connectivity index (χ4v) is 3.27. The molecule has 1 atom stereocenters. The Kier molecular flexibility index (Phi) is 3.43. The number of nitrogens with one attached hydrogen (secondary N) is 1. The molecular weight excluding hydrogens is 218 g/mol. The lowest BCUT2D eigenvalue weighted by atomic mass is 9.74. The van der Waals surface area contributed by atoms with Crippen LogP contribution in [0.5, 0.6) is 0 Å². The van der Waals surface area contributed by atoms with Crippen molar-refractivity contribution in [2.45, 2.75) is 51.5 Å². The van der Waals surface area contributed by atoms with E-state index >= 15 is 0 Å². The van der Waals surface area contributed by atoms with E-state index in [1.54, 1.807) is 5.56 Å². The number of hydrogen-bond donors (Lipinski definition) is 1. The van der Waals surface area contributed by atoms with Gasteiger partial charge in [0.25, 0.3) is 0 Å². The lowest BCUT2D eigenvalue weighted by molar-refractivity contribution is 0.273. The molecule has 98 valence electrons. The van der Waals surface area contributed by atoms with Crippen molar-refractivity contribution >= 4 is 0 Å². The van der Waals surface area contributed by atoms with E-state index in [4.69, 9.17) is 0 Å². The predicted molar refractivity (Wildman–Crippen MR) is 76.8 cm³/mol. The van der Waals surface area contributed by atoms with E-state index in [2.05, 4.69) is 43.4 Å². The lowest BCUT2D eigenvalue weighted by Crippen LogP contribution is -2.42. The van der Waals surface area contributed by atoms with Crippen LogP contribution >= 0.6 is 0 Å². The highest BCUT2D eigenvalue weighted by Crippen LogP contribution is 2.39. The van der Waals surface area contributed by atoms with Crippen molar-refractivity contribution in [3.05, 3.63) is 35.4 Å². The van der Waals surface area contributed by atoms with Gasteiger partial charge in [0.05, 0.1) is 0 Å². The number of rotatable bonds is 5. The largest absolute Gasteiger partial charge is 0.314 e. The van der Waals surface area contributed by atoms with Gasteiger partial charge in [0, 0.05) is 6.04 Å². The van der Waals surface area contributed by atoms with Crippen LogP contribution in [0.1, 0.15) is 49.7 Å². The van der Waals surface area contributed by atoms with E-state index in [0.717, 1.165) is 23.8 Å². The molecule has 0 aromatic heterocycles. The number of hydrogen-bond acceptors (Lipinski definition) is 1. The SMILES string of the molecule is Cc1ccccc1C1CC(NCC(C)C2CC2)C1. The molecule has 0 amide bonds. The smallest absolute Gasteiger partial charge is 0.00788 e. The minimum Gasteiger partial charge on any atom is -0.314 e. The summed E-state index contributed by atoms with van der Waals surface area (Å²) in [5.74, 6) is 2.73. The maximum Gasteiger partial charge on any atom is 0.00788 e. The molecule has 1 aromatic carbocycles. The number of benzene rings is 1. The van der Waals surface area contributed by atoms with E-state index in [1.807, 2.05) is 0 Å². The molecule has 2 fully saturated rings. The van der Waals surface area contributed by atoms with Gasteiger partial charge in [-0.3, -0.25) is 0 Å². The Morgan fingerprint density at radius 3 is 2.61 bits per heavy atom. The molecule has 1 heteroatoms. The van der Waals surface area contributed by atoms with Crippen molar-refractivity contribution in [1.29, 1.82) is 0 Å². The molecule has 0 spiro atoms. The molecule has 2 aliphatic carbocycles. The zero-order valence-corrected chi connectivity index (χ0v) is 11.7. The Hall–Kier alpha value is -0.820. The van der Waals surface area contributed by atoms with E-state index in [1.165, 1.54) is 37.8 Å². The second kappa shape index (κ2) is 5.05. The van der Waals surface area contributed by atoms with Crippen molar-refractivity contribution in [2.24, 2.45) is 11.8 Å². The predicted octanol–water partition coefficient (Wildman–Crippen LogP) is 3.88. The molecule has 0 bridgehead atoms. The van der Waals surface area contributed by atoms with Gasteiger partial charge in [-0.15, -0.1) is 0 Å². The van der Waals surface area contributed by atoms with Gasteiger partial charge in [-0.1, -0.05) is 31.2 Å². The highest BCUT2D eigenvalue weighted by atomic mass is 14.9. The highest BCUT2D eigenvalue weighted by Gasteiger charge is 2.32. The normalized spacial score (nSPS) is 28.8. The van der Waals surface area contributed by atoms with Crippen LogP contribution in [0.15, 0.2) is 24.3 Å². The van der Waals surface area contributed by atoms with Crippen LogP contribution in [0.3, 0.4) is 0 Å². The molecular formula is C17H25N. The maximum atomic E-state index is 3.76. The summed E-state index contributed by atoms with van der Waals surface area (Å²) in [5, 5.41) is 3.76. The molecule has 1 aromatic rings. The average Bonchev–Trinajstić information content (AvgIpc) is 3.12. The summed E-state index contributed by atoms with van der Waals surface area (Å²) >= 11 is 0. The first kappa shape index (κ1) is 12.2. The zero-order chi connectivity index (χ0) is 12.5. The van der Waals surface area contributed by atoms with Crippen LogP contribution in [0.2, 0.25) is 0 Å². The fourth-order valence-electron chi connectivity index (χ4n) is 3.27. The van der Waals surface area contributed by atoms with Gasteiger partial charge in [-0.2, -0.15) is 0 Å². The van der Waals surface area contributed by atoms with Crippen molar-refractivity contribution in [3.63, 3.8) is 0 Å². The first-order valence-corrected chi connectivity index (χ1v) is 7.53. The van der Waals surface area contributed by atoms with Crippen LogP contribution in [0.25, 0.3) is 0 Å². The van der Waals surface area contributed by atoms with Gasteiger partial charge >= 0.3 is 0 Å². The third kappa shape index (κ3) is 2.61. The standard InChI is InChI=1S/C17H25N/c1-12-5-3-4-6-17(12)15-9-16(10-15)18-11-13(2)14-7-8-14/h3-6,13-16,18H,7-11H2,1-2H3. The monoisotopic (exact) mass is 243 g/mol. The second-order valence-corrected chi connectivity index (χ2v) is 6.44. The summed E-state index contributed by atoms with van der Waals surface area (Å²) in [5.41, 5.74) is 3.04. The zero-order valence-electron chi connectivity index (χ0n) is 11.7. The quantitative estimate of drug-likeness (QED) is 0.827. The van der Waals surface area contributed by atoms with Gasteiger partial charge in [0.2, 0.25) is 0 Å². The maximum absolute atomic E-state index is 3.76. The van der Waals surface area contributed by atoms with Gasteiger partial charge < -0.3 is 5.32 Å². The molecule has 0 heterocycles. The van der Waals surface area contributed by atoms with E-state index in [-0.39, 0.29) is 0 Å². The van der Waals surface area contributed by atoms with Crippen LogP contribution in [-0.4, -0.2) is 12.6 Å². The molecule has 1 N–H and O–H groups in total. The number of aryl methyl sites for hydroxylation is 1. The van der Waals surface area contributed by atoms with Gasteiger partial charge in [0.1, 0.15) is 0 Å².